The second-order valence-corrected chi connectivity index (χ2v) is 11.8. The number of hydrogen-bond donors (Lipinski definition) is 1. The van der Waals surface area contributed by atoms with Crippen LogP contribution in [-0.2, 0) is 21.4 Å². The predicted octanol–water partition coefficient (Wildman–Crippen LogP) is 2.64. The summed E-state index contributed by atoms with van der Waals surface area (Å²) in [5.41, 5.74) is 3.70. The summed E-state index contributed by atoms with van der Waals surface area (Å²) in [6.07, 6.45) is 1.95. The lowest BCUT2D eigenvalue weighted by Crippen LogP contribution is -2.52. The van der Waals surface area contributed by atoms with E-state index in [1.165, 1.54) is 11.1 Å². The molecule has 2 saturated heterocycles. The monoisotopic (exact) mass is 498 g/mol. The van der Waals surface area contributed by atoms with Gasteiger partial charge in [0.15, 0.2) is 0 Å². The van der Waals surface area contributed by atoms with Crippen LogP contribution in [0.15, 0.2) is 53.4 Å². The van der Waals surface area contributed by atoms with Gasteiger partial charge in [-0.05, 0) is 62.4 Å². The number of hydrogen-bond acceptors (Lipinski definition) is 5. The fourth-order valence-electron chi connectivity index (χ4n) is 4.96. The number of nitrogens with one attached hydrogen (secondary N) is 1. The molecule has 1 amide bonds. The Balaban J connectivity index is 1.21. The Morgan fingerprint density at radius 2 is 1.66 bits per heavy atom. The van der Waals surface area contributed by atoms with Crippen LogP contribution in [0, 0.1) is 19.8 Å². The van der Waals surface area contributed by atoms with Gasteiger partial charge >= 0.3 is 0 Å². The highest BCUT2D eigenvalue weighted by Gasteiger charge is 2.27. The molecule has 190 valence electrons. The molecule has 2 aliphatic rings. The van der Waals surface area contributed by atoms with Crippen LogP contribution < -0.4 is 4.72 Å². The second-order valence-electron chi connectivity index (χ2n) is 9.99. The van der Waals surface area contributed by atoms with Crippen molar-refractivity contribution in [2.24, 2.45) is 5.92 Å². The smallest absolute Gasteiger partial charge is 0.240 e. The lowest BCUT2D eigenvalue weighted by Gasteiger charge is -2.37. The first-order valence-electron chi connectivity index (χ1n) is 12.6. The third-order valence-electron chi connectivity index (χ3n) is 7.24. The predicted molar refractivity (Wildman–Crippen MR) is 139 cm³/mol. The number of carbonyl (C=O) groups excluding carboxylic acids is 1. The Bertz CT molecular complexity index is 1100. The Morgan fingerprint density at radius 3 is 2.37 bits per heavy atom. The largest absolute Gasteiger partial charge is 0.339 e. The average Bonchev–Trinajstić information content (AvgIpc) is 2.85. The summed E-state index contributed by atoms with van der Waals surface area (Å²) in [6.45, 7) is 10.8. The van der Waals surface area contributed by atoms with Gasteiger partial charge < -0.3 is 4.90 Å². The van der Waals surface area contributed by atoms with E-state index in [9.17, 15) is 13.2 Å². The number of benzene rings is 2. The fourth-order valence-corrected chi connectivity index (χ4v) is 6.08. The number of rotatable bonds is 8. The molecule has 0 aromatic heterocycles. The zero-order valence-electron chi connectivity index (χ0n) is 20.9. The van der Waals surface area contributed by atoms with Crippen LogP contribution in [0.4, 0.5) is 0 Å². The number of aryl methyl sites for hydroxylation is 2. The standard InChI is InChI=1S/C27H38N4O3S/c1-22-9-11-26(12-10-22)35(33,34)28-18-24-7-5-13-30(19-24)21-27(32)31-16-14-29(15-17-31)20-25-8-4-3-6-23(25)2/h3-4,6,8-12,24,28H,5,7,13-21H2,1-2H3. The molecule has 7 nitrogen and oxygen atoms in total. The third-order valence-corrected chi connectivity index (χ3v) is 8.67. The van der Waals surface area contributed by atoms with Crippen molar-refractivity contribution in [2.75, 3.05) is 52.4 Å². The number of nitrogens with zero attached hydrogens (tertiary/aromatic N) is 3. The molecule has 2 fully saturated rings. The second kappa shape index (κ2) is 11.6. The lowest BCUT2D eigenvalue weighted by atomic mass is 9.98. The van der Waals surface area contributed by atoms with Gasteiger partial charge in [-0.25, -0.2) is 13.1 Å². The summed E-state index contributed by atoms with van der Waals surface area (Å²) in [7, 11) is -3.51. The molecular formula is C27H38N4O3S. The Kier molecular flexibility index (Phi) is 8.59. The zero-order chi connectivity index (χ0) is 24.8. The highest BCUT2D eigenvalue weighted by Crippen LogP contribution is 2.18. The van der Waals surface area contributed by atoms with E-state index in [0.717, 1.165) is 64.2 Å². The summed E-state index contributed by atoms with van der Waals surface area (Å²) < 4.78 is 28.0. The van der Waals surface area contributed by atoms with Gasteiger partial charge in [0.2, 0.25) is 15.9 Å². The maximum absolute atomic E-state index is 13.0. The first-order valence-corrected chi connectivity index (χ1v) is 14.1. The van der Waals surface area contributed by atoms with Crippen molar-refractivity contribution in [3.8, 4) is 0 Å². The number of carbonyl (C=O) groups is 1. The molecular weight excluding hydrogens is 460 g/mol. The van der Waals surface area contributed by atoms with Crippen molar-refractivity contribution in [1.82, 2.24) is 19.4 Å². The molecule has 0 saturated carbocycles. The summed E-state index contributed by atoms with van der Waals surface area (Å²) in [6, 6.07) is 15.4. The van der Waals surface area contributed by atoms with Crippen LogP contribution >= 0.6 is 0 Å². The van der Waals surface area contributed by atoms with Gasteiger partial charge in [-0.1, -0.05) is 42.0 Å². The molecule has 2 aromatic rings. The van der Waals surface area contributed by atoms with Gasteiger partial charge in [-0.3, -0.25) is 14.6 Å². The molecule has 0 radical (unpaired) electrons. The first kappa shape index (κ1) is 25.8. The van der Waals surface area contributed by atoms with Gasteiger partial charge in [0.1, 0.15) is 0 Å². The van der Waals surface area contributed by atoms with E-state index < -0.39 is 10.0 Å². The molecule has 4 rings (SSSR count). The molecule has 2 heterocycles. The molecule has 0 bridgehead atoms. The zero-order valence-corrected chi connectivity index (χ0v) is 21.8. The minimum atomic E-state index is -3.51. The van der Waals surface area contributed by atoms with E-state index in [4.69, 9.17) is 0 Å². The topological polar surface area (TPSA) is 73.0 Å². The van der Waals surface area contributed by atoms with E-state index in [1.807, 2.05) is 24.0 Å². The summed E-state index contributed by atoms with van der Waals surface area (Å²) >= 11 is 0. The molecule has 35 heavy (non-hydrogen) atoms. The number of piperidine rings is 1. The summed E-state index contributed by atoms with van der Waals surface area (Å²) in [5.74, 6) is 0.393. The number of likely N-dealkylation sites (tertiary alicyclic amines) is 1. The van der Waals surface area contributed by atoms with Crippen LogP contribution in [0.25, 0.3) is 0 Å². The molecule has 2 aliphatic heterocycles. The minimum absolute atomic E-state index is 0.182. The van der Waals surface area contributed by atoms with E-state index in [1.54, 1.807) is 12.1 Å². The van der Waals surface area contributed by atoms with Crippen LogP contribution in [-0.4, -0.2) is 81.4 Å². The van der Waals surface area contributed by atoms with Crippen LogP contribution in [0.2, 0.25) is 0 Å². The first-order chi connectivity index (χ1) is 16.8. The van der Waals surface area contributed by atoms with Crippen molar-refractivity contribution in [2.45, 2.75) is 38.1 Å². The van der Waals surface area contributed by atoms with Gasteiger partial charge in [-0.15, -0.1) is 0 Å². The van der Waals surface area contributed by atoms with Crippen molar-refractivity contribution in [3.63, 3.8) is 0 Å². The van der Waals surface area contributed by atoms with Crippen LogP contribution in [0.5, 0.6) is 0 Å². The molecule has 2 aromatic carbocycles. The SMILES string of the molecule is Cc1ccc(S(=O)(=O)NCC2CCCN(CC(=O)N3CCN(Cc4ccccc4C)CC3)C2)cc1. The van der Waals surface area contributed by atoms with Gasteiger partial charge in [0.25, 0.3) is 0 Å². The van der Waals surface area contributed by atoms with Crippen LogP contribution in [0.1, 0.15) is 29.5 Å². The number of amides is 1. The number of sulfonamides is 1. The minimum Gasteiger partial charge on any atom is -0.339 e. The highest BCUT2D eigenvalue weighted by atomic mass is 32.2. The normalized spacial score (nSPS) is 20.2. The molecule has 8 heteroatoms. The Morgan fingerprint density at radius 1 is 0.943 bits per heavy atom. The van der Waals surface area contributed by atoms with Crippen LogP contribution in [0.3, 0.4) is 0 Å². The van der Waals surface area contributed by atoms with E-state index in [0.29, 0.717) is 18.0 Å². The van der Waals surface area contributed by atoms with E-state index in [-0.39, 0.29) is 11.8 Å². The Hall–Kier alpha value is -2.26. The van der Waals surface area contributed by atoms with Crippen molar-refractivity contribution in [1.29, 1.82) is 0 Å². The highest BCUT2D eigenvalue weighted by molar-refractivity contribution is 7.89. The quantitative estimate of drug-likeness (QED) is 0.606. The molecule has 1 unspecified atom stereocenters. The molecule has 0 spiro atoms. The summed E-state index contributed by atoms with van der Waals surface area (Å²) in [4.78, 5) is 19.9. The maximum atomic E-state index is 13.0. The number of piperazine rings is 1. The van der Waals surface area contributed by atoms with Gasteiger partial charge in [0, 0.05) is 45.8 Å². The molecule has 1 atom stereocenters. The molecule has 0 aliphatic carbocycles. The van der Waals surface area contributed by atoms with E-state index >= 15 is 0 Å². The van der Waals surface area contributed by atoms with Gasteiger partial charge in [0.05, 0.1) is 11.4 Å². The Labute approximate surface area is 210 Å². The third kappa shape index (κ3) is 7.13. The summed E-state index contributed by atoms with van der Waals surface area (Å²) in [5, 5.41) is 0. The van der Waals surface area contributed by atoms with E-state index in [2.05, 4.69) is 45.7 Å². The average molecular weight is 499 g/mol. The fraction of sp³-hybridized carbons (Fsp3) is 0.519. The lowest BCUT2D eigenvalue weighted by molar-refractivity contribution is -0.134. The van der Waals surface area contributed by atoms with Gasteiger partial charge in [-0.2, -0.15) is 0 Å². The van der Waals surface area contributed by atoms with Crippen molar-refractivity contribution >= 4 is 15.9 Å². The van der Waals surface area contributed by atoms with Crippen molar-refractivity contribution in [3.05, 3.63) is 65.2 Å². The molecule has 1 N–H and O–H groups in total. The van der Waals surface area contributed by atoms with Crippen molar-refractivity contribution < 1.29 is 13.2 Å². The maximum Gasteiger partial charge on any atom is 0.240 e.